The van der Waals surface area contributed by atoms with E-state index >= 15 is 0 Å². The lowest BCUT2D eigenvalue weighted by Crippen LogP contribution is -2.21. The molecule has 18 heavy (non-hydrogen) atoms. The van der Waals surface area contributed by atoms with E-state index in [4.69, 9.17) is 16.3 Å². The first-order chi connectivity index (χ1) is 8.67. The van der Waals surface area contributed by atoms with Crippen LogP contribution in [0.5, 0.6) is 0 Å². The molecule has 0 fully saturated rings. The second-order valence-corrected chi connectivity index (χ2v) is 4.65. The third kappa shape index (κ3) is 5.21. The van der Waals surface area contributed by atoms with E-state index < -0.39 is 0 Å². The van der Waals surface area contributed by atoms with E-state index in [2.05, 4.69) is 22.2 Å². The fraction of sp³-hybridized carbons (Fsp3) is 0.615. The highest BCUT2D eigenvalue weighted by Crippen LogP contribution is 2.18. The number of hydrogen-bond donors (Lipinski definition) is 1. The number of methoxy groups -OCH3 is 1. The smallest absolute Gasteiger partial charge is 0.126 e. The fourth-order valence-corrected chi connectivity index (χ4v) is 1.85. The van der Waals surface area contributed by atoms with E-state index in [0.29, 0.717) is 0 Å². The van der Waals surface area contributed by atoms with Crippen LogP contribution in [0, 0.1) is 0 Å². The fourth-order valence-electron chi connectivity index (χ4n) is 1.69. The molecule has 102 valence electrons. The summed E-state index contributed by atoms with van der Waals surface area (Å²) in [6.45, 7) is 5.41. The summed E-state index contributed by atoms with van der Waals surface area (Å²) in [5.41, 5.74) is 0.912. The number of pyridine rings is 1. The topological polar surface area (TPSA) is 37.4 Å². The molecule has 0 amide bonds. The van der Waals surface area contributed by atoms with Gasteiger partial charge in [-0.05, 0) is 32.5 Å². The Kier molecular flexibility index (Phi) is 7.01. The molecule has 0 bridgehead atoms. The molecule has 0 aliphatic carbocycles. The van der Waals surface area contributed by atoms with Crippen LogP contribution in [0.2, 0.25) is 5.02 Å². The number of aromatic nitrogens is 1. The van der Waals surface area contributed by atoms with Gasteiger partial charge in [0.15, 0.2) is 0 Å². The Labute approximate surface area is 114 Å². The molecule has 4 nitrogen and oxygen atoms in total. The van der Waals surface area contributed by atoms with Crippen LogP contribution in [-0.2, 0) is 11.3 Å². The molecule has 0 atom stereocenters. The Morgan fingerprint density at radius 2 is 2.22 bits per heavy atom. The molecule has 0 aliphatic heterocycles. The van der Waals surface area contributed by atoms with Gasteiger partial charge in [0.2, 0.25) is 0 Å². The van der Waals surface area contributed by atoms with Gasteiger partial charge in [0, 0.05) is 33.4 Å². The SMILES string of the molecule is CCNc1ccc(Cl)c(CN(C)CCCOC)n1. The van der Waals surface area contributed by atoms with Gasteiger partial charge in [-0.2, -0.15) is 0 Å². The summed E-state index contributed by atoms with van der Waals surface area (Å²) in [6.07, 6.45) is 1.01. The van der Waals surface area contributed by atoms with E-state index in [1.807, 2.05) is 19.1 Å². The number of anilines is 1. The lowest BCUT2D eigenvalue weighted by atomic mass is 10.3. The average molecular weight is 272 g/mol. The number of ether oxygens (including phenoxy) is 1. The van der Waals surface area contributed by atoms with E-state index in [9.17, 15) is 0 Å². The summed E-state index contributed by atoms with van der Waals surface area (Å²) in [4.78, 5) is 6.71. The van der Waals surface area contributed by atoms with Crippen molar-refractivity contribution in [1.29, 1.82) is 0 Å². The first-order valence-electron chi connectivity index (χ1n) is 6.24. The summed E-state index contributed by atoms with van der Waals surface area (Å²) in [5, 5.41) is 3.91. The number of nitrogens with one attached hydrogen (secondary N) is 1. The van der Waals surface area contributed by atoms with E-state index in [0.717, 1.165) is 49.2 Å². The van der Waals surface area contributed by atoms with Crippen LogP contribution in [0.4, 0.5) is 5.82 Å². The predicted octanol–water partition coefficient (Wildman–Crippen LogP) is 2.64. The number of halogens is 1. The van der Waals surface area contributed by atoms with Crippen LogP contribution in [0.1, 0.15) is 19.0 Å². The van der Waals surface area contributed by atoms with Crippen molar-refractivity contribution in [2.24, 2.45) is 0 Å². The number of nitrogens with zero attached hydrogens (tertiary/aromatic N) is 2. The highest BCUT2D eigenvalue weighted by molar-refractivity contribution is 6.31. The third-order valence-corrected chi connectivity index (χ3v) is 2.93. The minimum absolute atomic E-state index is 0.718. The molecular weight excluding hydrogens is 250 g/mol. The second kappa shape index (κ2) is 8.29. The average Bonchev–Trinajstić information content (AvgIpc) is 2.34. The maximum atomic E-state index is 6.16. The highest BCUT2D eigenvalue weighted by atomic mass is 35.5. The van der Waals surface area contributed by atoms with Gasteiger partial charge >= 0.3 is 0 Å². The molecule has 1 rings (SSSR count). The van der Waals surface area contributed by atoms with Crippen molar-refractivity contribution in [2.45, 2.75) is 19.9 Å². The van der Waals surface area contributed by atoms with Gasteiger partial charge in [0.1, 0.15) is 5.82 Å². The van der Waals surface area contributed by atoms with Crippen molar-refractivity contribution in [3.8, 4) is 0 Å². The Bertz CT molecular complexity index is 360. The zero-order valence-corrected chi connectivity index (χ0v) is 12.1. The van der Waals surface area contributed by atoms with Crippen LogP contribution in [0.3, 0.4) is 0 Å². The van der Waals surface area contributed by atoms with Crippen molar-refractivity contribution in [3.63, 3.8) is 0 Å². The van der Waals surface area contributed by atoms with Gasteiger partial charge in [0.25, 0.3) is 0 Å². The van der Waals surface area contributed by atoms with Gasteiger partial charge in [-0.1, -0.05) is 11.6 Å². The van der Waals surface area contributed by atoms with Crippen molar-refractivity contribution < 1.29 is 4.74 Å². The van der Waals surface area contributed by atoms with E-state index in [1.54, 1.807) is 7.11 Å². The molecule has 0 saturated heterocycles. The molecule has 1 heterocycles. The second-order valence-electron chi connectivity index (χ2n) is 4.24. The normalized spacial score (nSPS) is 10.9. The van der Waals surface area contributed by atoms with Gasteiger partial charge in [0.05, 0.1) is 10.7 Å². The molecule has 0 aromatic carbocycles. The predicted molar refractivity (Wildman–Crippen MR) is 76.2 cm³/mol. The Hall–Kier alpha value is -0.840. The Morgan fingerprint density at radius 1 is 1.44 bits per heavy atom. The molecule has 5 heteroatoms. The Morgan fingerprint density at radius 3 is 2.89 bits per heavy atom. The van der Waals surface area contributed by atoms with Crippen LogP contribution in [-0.4, -0.2) is 43.7 Å². The first kappa shape index (κ1) is 15.2. The molecule has 0 unspecified atom stereocenters. The zero-order valence-electron chi connectivity index (χ0n) is 11.4. The standard InChI is InChI=1S/C13H22ClN3O/c1-4-15-13-7-6-11(14)12(16-13)10-17(2)8-5-9-18-3/h6-7H,4-5,8-10H2,1-3H3,(H,15,16). The maximum Gasteiger partial charge on any atom is 0.126 e. The van der Waals surface area contributed by atoms with Crippen molar-refractivity contribution in [3.05, 3.63) is 22.8 Å². The van der Waals surface area contributed by atoms with Crippen molar-refractivity contribution in [2.75, 3.05) is 39.2 Å². The van der Waals surface area contributed by atoms with Gasteiger partial charge in [-0.25, -0.2) is 4.98 Å². The first-order valence-corrected chi connectivity index (χ1v) is 6.62. The minimum Gasteiger partial charge on any atom is -0.385 e. The molecular formula is C13H22ClN3O. The van der Waals surface area contributed by atoms with Crippen LogP contribution < -0.4 is 5.32 Å². The van der Waals surface area contributed by atoms with Crippen LogP contribution >= 0.6 is 11.6 Å². The number of hydrogen-bond acceptors (Lipinski definition) is 4. The highest BCUT2D eigenvalue weighted by Gasteiger charge is 2.07. The molecule has 0 radical (unpaired) electrons. The molecule has 1 N–H and O–H groups in total. The minimum atomic E-state index is 0.718. The van der Waals surface area contributed by atoms with Crippen molar-refractivity contribution in [1.82, 2.24) is 9.88 Å². The van der Waals surface area contributed by atoms with Gasteiger partial charge in [-0.15, -0.1) is 0 Å². The van der Waals surface area contributed by atoms with Gasteiger partial charge in [-0.3, -0.25) is 0 Å². The van der Waals surface area contributed by atoms with Crippen LogP contribution in [0.25, 0.3) is 0 Å². The maximum absolute atomic E-state index is 6.16. The Balaban J connectivity index is 2.56. The molecule has 1 aromatic heterocycles. The summed E-state index contributed by atoms with van der Waals surface area (Å²) < 4.78 is 5.04. The van der Waals surface area contributed by atoms with Crippen molar-refractivity contribution >= 4 is 17.4 Å². The third-order valence-electron chi connectivity index (χ3n) is 2.58. The van der Waals surface area contributed by atoms with E-state index in [-0.39, 0.29) is 0 Å². The molecule has 0 saturated carbocycles. The lowest BCUT2D eigenvalue weighted by Gasteiger charge is -2.17. The zero-order chi connectivity index (χ0) is 13.4. The monoisotopic (exact) mass is 271 g/mol. The largest absolute Gasteiger partial charge is 0.385 e. The van der Waals surface area contributed by atoms with Gasteiger partial charge < -0.3 is 15.0 Å². The summed E-state index contributed by atoms with van der Waals surface area (Å²) in [6, 6.07) is 3.80. The van der Waals surface area contributed by atoms with E-state index in [1.165, 1.54) is 0 Å². The summed E-state index contributed by atoms with van der Waals surface area (Å²) in [5.74, 6) is 0.877. The summed E-state index contributed by atoms with van der Waals surface area (Å²) in [7, 11) is 3.78. The summed E-state index contributed by atoms with van der Waals surface area (Å²) >= 11 is 6.16. The quantitative estimate of drug-likeness (QED) is 0.738. The van der Waals surface area contributed by atoms with Crippen LogP contribution in [0.15, 0.2) is 12.1 Å². The lowest BCUT2D eigenvalue weighted by molar-refractivity contribution is 0.178. The molecule has 0 spiro atoms. The number of rotatable bonds is 8. The molecule has 1 aromatic rings. The molecule has 0 aliphatic rings.